The molecule has 1 amide bonds. The second kappa shape index (κ2) is 6.54. The summed E-state index contributed by atoms with van der Waals surface area (Å²) in [5.41, 5.74) is 7.30. The van der Waals surface area contributed by atoms with Gasteiger partial charge in [0, 0.05) is 12.6 Å². The van der Waals surface area contributed by atoms with Crippen molar-refractivity contribution in [3.63, 3.8) is 0 Å². The highest BCUT2D eigenvalue weighted by atomic mass is 16.1. The maximum absolute atomic E-state index is 11.1. The molecule has 0 aromatic heterocycles. The summed E-state index contributed by atoms with van der Waals surface area (Å²) in [5.74, 6) is -0.0266. The molecule has 0 unspecified atom stereocenters. The van der Waals surface area contributed by atoms with Crippen LogP contribution in [-0.4, -0.2) is 25.1 Å². The van der Waals surface area contributed by atoms with Gasteiger partial charge in [-0.05, 0) is 18.1 Å². The van der Waals surface area contributed by atoms with Gasteiger partial charge in [-0.25, -0.2) is 0 Å². The smallest absolute Gasteiger partial charge is 0.224 e. The fourth-order valence-corrected chi connectivity index (χ4v) is 1.67. The minimum atomic E-state index is -0.470. The van der Waals surface area contributed by atoms with E-state index in [1.54, 1.807) is 13.1 Å². The minimum absolute atomic E-state index is 0.0190. The number of hydrogen-bond acceptors (Lipinski definition) is 3. The first-order chi connectivity index (χ1) is 8.62. The molecule has 1 aromatic rings. The average molecular weight is 247 g/mol. The highest BCUT2D eigenvalue weighted by Gasteiger charge is 2.09. The van der Waals surface area contributed by atoms with Crippen molar-refractivity contribution in [3.8, 4) is 0 Å². The molecule has 0 atom stereocenters. The summed E-state index contributed by atoms with van der Waals surface area (Å²) in [6, 6.07) is 5.52. The quantitative estimate of drug-likeness (QED) is 0.468. The number of nitrogens with two attached hydrogens (primary N) is 1. The van der Waals surface area contributed by atoms with E-state index in [1.807, 2.05) is 19.1 Å². The number of nitrogens with one attached hydrogen (secondary N) is 1. The zero-order chi connectivity index (χ0) is 13.5. The molecule has 5 nitrogen and oxygen atoms in total. The van der Waals surface area contributed by atoms with Gasteiger partial charge in [-0.1, -0.05) is 19.1 Å². The van der Waals surface area contributed by atoms with Crippen molar-refractivity contribution in [2.75, 3.05) is 12.4 Å². The van der Waals surface area contributed by atoms with Gasteiger partial charge in [-0.2, -0.15) is 0 Å². The zero-order valence-electron chi connectivity index (χ0n) is 10.6. The van der Waals surface area contributed by atoms with Crippen LogP contribution in [-0.2, 0) is 11.2 Å². The van der Waals surface area contributed by atoms with Crippen molar-refractivity contribution < 1.29 is 9.59 Å². The lowest BCUT2D eigenvalue weighted by Gasteiger charge is -2.12. The standard InChI is InChI=1S/C13H17N3O2/c1-3-9-5-4-6-11(10(9)8-17)16-13(15-2)7-12(14)18/h4-6,8H,3,7H2,1-2H3,(H2,14,18)(H,15,16). The third-order valence-electron chi connectivity index (χ3n) is 2.59. The molecule has 0 aliphatic carbocycles. The Morgan fingerprint density at radius 1 is 1.50 bits per heavy atom. The van der Waals surface area contributed by atoms with Gasteiger partial charge >= 0.3 is 0 Å². The molecule has 0 saturated carbocycles. The van der Waals surface area contributed by atoms with E-state index >= 15 is 0 Å². The summed E-state index contributed by atoms with van der Waals surface area (Å²) in [7, 11) is 1.57. The van der Waals surface area contributed by atoms with Crippen LogP contribution in [0.25, 0.3) is 0 Å². The van der Waals surface area contributed by atoms with Crippen LogP contribution < -0.4 is 11.1 Å². The van der Waals surface area contributed by atoms with Crippen molar-refractivity contribution in [2.45, 2.75) is 19.8 Å². The Morgan fingerprint density at radius 2 is 2.22 bits per heavy atom. The van der Waals surface area contributed by atoms with Crippen molar-refractivity contribution in [1.82, 2.24) is 0 Å². The van der Waals surface area contributed by atoms with Gasteiger partial charge in [0.05, 0.1) is 12.1 Å². The fourth-order valence-electron chi connectivity index (χ4n) is 1.67. The predicted octanol–water partition coefficient (Wildman–Crippen LogP) is 1.38. The summed E-state index contributed by atoms with van der Waals surface area (Å²) in [6.45, 7) is 1.98. The Labute approximate surface area is 106 Å². The van der Waals surface area contributed by atoms with Crippen LogP contribution in [0.4, 0.5) is 5.69 Å². The summed E-state index contributed by atoms with van der Waals surface area (Å²) in [4.78, 5) is 25.9. The van der Waals surface area contributed by atoms with Gasteiger partial charge in [0.1, 0.15) is 5.84 Å². The molecule has 0 spiro atoms. The number of hydrogen-bond donors (Lipinski definition) is 2. The van der Waals surface area contributed by atoms with Crippen molar-refractivity contribution >= 4 is 23.7 Å². The molecule has 0 saturated heterocycles. The highest BCUT2D eigenvalue weighted by molar-refractivity contribution is 6.08. The van der Waals surface area contributed by atoms with Crippen molar-refractivity contribution in [3.05, 3.63) is 29.3 Å². The predicted molar refractivity (Wildman–Crippen MR) is 72.0 cm³/mol. The number of carbonyl (C=O) groups is 2. The highest BCUT2D eigenvalue weighted by Crippen LogP contribution is 2.19. The monoisotopic (exact) mass is 247 g/mol. The van der Waals surface area contributed by atoms with Gasteiger partial charge in [0.25, 0.3) is 0 Å². The van der Waals surface area contributed by atoms with E-state index in [9.17, 15) is 9.59 Å². The third kappa shape index (κ3) is 3.41. The van der Waals surface area contributed by atoms with E-state index in [0.29, 0.717) is 17.1 Å². The molecule has 0 radical (unpaired) electrons. The number of rotatable bonds is 5. The molecule has 0 aliphatic rings. The van der Waals surface area contributed by atoms with Gasteiger partial charge in [0.2, 0.25) is 5.91 Å². The Hall–Kier alpha value is -2.17. The first-order valence-corrected chi connectivity index (χ1v) is 5.70. The number of aliphatic imine (C=N–C) groups is 1. The molecule has 0 fully saturated rings. The zero-order valence-corrected chi connectivity index (χ0v) is 10.6. The van der Waals surface area contributed by atoms with Gasteiger partial charge in [-0.3, -0.25) is 14.6 Å². The first-order valence-electron chi connectivity index (χ1n) is 5.70. The van der Waals surface area contributed by atoms with Crippen LogP contribution >= 0.6 is 0 Å². The second-order valence-corrected chi connectivity index (χ2v) is 3.79. The topological polar surface area (TPSA) is 84.5 Å². The summed E-state index contributed by atoms with van der Waals surface area (Å²) in [5, 5.41) is 2.97. The molecular weight excluding hydrogens is 230 g/mol. The summed E-state index contributed by atoms with van der Waals surface area (Å²) in [6.07, 6.45) is 1.59. The maximum Gasteiger partial charge on any atom is 0.224 e. The van der Waals surface area contributed by atoms with Gasteiger partial charge in [-0.15, -0.1) is 0 Å². The molecule has 1 aromatic carbocycles. The molecule has 5 heteroatoms. The molecular formula is C13H17N3O2. The lowest BCUT2D eigenvalue weighted by molar-refractivity contribution is -0.116. The van der Waals surface area contributed by atoms with E-state index in [2.05, 4.69) is 10.3 Å². The third-order valence-corrected chi connectivity index (χ3v) is 2.59. The lowest BCUT2D eigenvalue weighted by atomic mass is 10.0. The molecule has 3 N–H and O–H groups in total. The van der Waals surface area contributed by atoms with E-state index in [1.165, 1.54) is 0 Å². The molecule has 0 heterocycles. The van der Waals surface area contributed by atoms with Crippen LogP contribution in [0.15, 0.2) is 23.2 Å². The number of aryl methyl sites for hydroxylation is 1. The van der Waals surface area contributed by atoms with E-state index in [0.717, 1.165) is 18.3 Å². The molecule has 18 heavy (non-hydrogen) atoms. The van der Waals surface area contributed by atoms with Gasteiger partial charge < -0.3 is 11.1 Å². The van der Waals surface area contributed by atoms with E-state index < -0.39 is 5.91 Å². The first kappa shape index (κ1) is 13.9. The number of aldehydes is 1. The molecule has 1 rings (SSSR count). The molecule has 96 valence electrons. The molecule has 0 bridgehead atoms. The SMILES string of the molecule is CCc1cccc(NC(CC(N)=O)=NC)c1C=O. The van der Waals surface area contributed by atoms with Crippen LogP contribution in [0.2, 0.25) is 0 Å². The number of benzene rings is 1. The van der Waals surface area contributed by atoms with Crippen LogP contribution in [0, 0.1) is 0 Å². The number of amidine groups is 1. The Kier molecular flexibility index (Phi) is 5.05. The van der Waals surface area contributed by atoms with Crippen molar-refractivity contribution in [1.29, 1.82) is 0 Å². The second-order valence-electron chi connectivity index (χ2n) is 3.79. The number of primary amides is 1. The number of amides is 1. The van der Waals surface area contributed by atoms with Gasteiger partial charge in [0.15, 0.2) is 6.29 Å². The largest absolute Gasteiger partial charge is 0.369 e. The maximum atomic E-state index is 11.1. The Balaban J connectivity index is 3.03. The minimum Gasteiger partial charge on any atom is -0.369 e. The lowest BCUT2D eigenvalue weighted by Crippen LogP contribution is -2.22. The van der Waals surface area contributed by atoms with Crippen LogP contribution in [0.3, 0.4) is 0 Å². The van der Waals surface area contributed by atoms with E-state index in [4.69, 9.17) is 5.73 Å². The van der Waals surface area contributed by atoms with Crippen LogP contribution in [0.5, 0.6) is 0 Å². The summed E-state index contributed by atoms with van der Waals surface area (Å²) < 4.78 is 0. The molecule has 0 aliphatic heterocycles. The number of nitrogens with zero attached hydrogens (tertiary/aromatic N) is 1. The average Bonchev–Trinajstić information content (AvgIpc) is 2.36. The number of anilines is 1. The normalized spacial score (nSPS) is 11.1. The van der Waals surface area contributed by atoms with E-state index in [-0.39, 0.29) is 6.42 Å². The number of carbonyl (C=O) groups excluding carboxylic acids is 2. The van der Waals surface area contributed by atoms with Crippen molar-refractivity contribution in [2.24, 2.45) is 10.7 Å². The Bertz CT molecular complexity index is 481. The fraction of sp³-hybridized carbons (Fsp3) is 0.308. The van der Waals surface area contributed by atoms with Crippen LogP contribution in [0.1, 0.15) is 29.3 Å². The summed E-state index contributed by atoms with van der Waals surface area (Å²) >= 11 is 0. The Morgan fingerprint density at radius 3 is 2.72 bits per heavy atom.